The van der Waals surface area contributed by atoms with Gasteiger partial charge in [0, 0.05) is 36.7 Å². The number of aromatic nitrogens is 4. The van der Waals surface area contributed by atoms with E-state index in [1.807, 2.05) is 34.9 Å². The van der Waals surface area contributed by atoms with Crippen LogP contribution in [0.2, 0.25) is 0 Å². The Morgan fingerprint density at radius 1 is 1.20 bits per heavy atom. The lowest BCUT2D eigenvalue weighted by Gasteiger charge is -2.15. The summed E-state index contributed by atoms with van der Waals surface area (Å²) in [6, 6.07) is 20.4. The lowest BCUT2D eigenvalue weighted by atomic mass is 10.0. The van der Waals surface area contributed by atoms with E-state index in [-0.39, 0.29) is 11.7 Å². The van der Waals surface area contributed by atoms with Crippen molar-refractivity contribution in [2.24, 2.45) is 0 Å². The van der Waals surface area contributed by atoms with Crippen LogP contribution in [0.15, 0.2) is 72.4 Å². The van der Waals surface area contributed by atoms with Crippen molar-refractivity contribution >= 4 is 28.6 Å². The Morgan fingerprint density at radius 3 is 2.71 bits per heavy atom. The largest absolute Gasteiger partial charge is 0.344 e. The molecule has 176 valence electrons. The van der Waals surface area contributed by atoms with Crippen molar-refractivity contribution in [1.29, 1.82) is 5.26 Å². The van der Waals surface area contributed by atoms with E-state index < -0.39 is 0 Å². The molecule has 7 nitrogen and oxygen atoms in total. The van der Waals surface area contributed by atoms with Crippen molar-refractivity contribution in [2.75, 3.05) is 19.3 Å². The van der Waals surface area contributed by atoms with Crippen LogP contribution in [0.5, 0.6) is 0 Å². The molecule has 0 atom stereocenters. The summed E-state index contributed by atoms with van der Waals surface area (Å²) in [6.45, 7) is 6.87. The fourth-order valence-corrected chi connectivity index (χ4v) is 4.59. The van der Waals surface area contributed by atoms with Crippen LogP contribution in [-0.4, -0.2) is 49.9 Å². The molecule has 2 aromatic heterocycles. The van der Waals surface area contributed by atoms with Gasteiger partial charge in [0.05, 0.1) is 29.5 Å². The maximum Gasteiger partial charge on any atom is 0.232 e. The number of aryl methyl sites for hydroxylation is 1. The number of hydrogen-bond acceptors (Lipinski definition) is 6. The Kier molecular flexibility index (Phi) is 7.58. The predicted molar refractivity (Wildman–Crippen MR) is 140 cm³/mol. The molecule has 0 saturated carbocycles. The second kappa shape index (κ2) is 11.0. The fraction of sp³-hybridized carbons (Fsp3) is 0.222. The van der Waals surface area contributed by atoms with E-state index in [1.54, 1.807) is 18.0 Å². The zero-order valence-electron chi connectivity index (χ0n) is 19.8. The van der Waals surface area contributed by atoms with Crippen LogP contribution < -0.4 is 0 Å². The highest BCUT2D eigenvalue weighted by Crippen LogP contribution is 2.33. The van der Waals surface area contributed by atoms with E-state index in [0.717, 1.165) is 27.7 Å². The summed E-state index contributed by atoms with van der Waals surface area (Å²) in [6.07, 6.45) is 2.10. The number of para-hydroxylation sites is 1. The Morgan fingerprint density at radius 2 is 1.97 bits per heavy atom. The van der Waals surface area contributed by atoms with Gasteiger partial charge in [-0.2, -0.15) is 5.26 Å². The Labute approximate surface area is 209 Å². The number of carbonyl (C=O) groups is 1. The molecular weight excluding hydrogens is 456 g/mol. The molecule has 35 heavy (non-hydrogen) atoms. The number of carbonyl (C=O) groups excluding carboxylic acids is 1. The Balaban J connectivity index is 1.73. The monoisotopic (exact) mass is 482 g/mol. The van der Waals surface area contributed by atoms with Crippen molar-refractivity contribution in [2.45, 2.75) is 25.0 Å². The number of nitrogens with zero attached hydrogens (tertiary/aromatic N) is 6. The van der Waals surface area contributed by atoms with Gasteiger partial charge < -0.3 is 4.90 Å². The van der Waals surface area contributed by atoms with Gasteiger partial charge >= 0.3 is 0 Å². The quantitative estimate of drug-likeness (QED) is 0.243. The van der Waals surface area contributed by atoms with Crippen LogP contribution in [0.25, 0.3) is 33.5 Å². The number of thioether (sulfide) groups is 1. The summed E-state index contributed by atoms with van der Waals surface area (Å²) in [5.74, 6) is 0.851. The molecule has 0 N–H and O–H groups in total. The van der Waals surface area contributed by atoms with Gasteiger partial charge in [0.2, 0.25) is 5.91 Å². The van der Waals surface area contributed by atoms with Crippen LogP contribution in [0.4, 0.5) is 0 Å². The molecule has 0 radical (unpaired) electrons. The highest BCUT2D eigenvalue weighted by molar-refractivity contribution is 7.99. The molecule has 8 heteroatoms. The number of rotatable bonds is 9. The van der Waals surface area contributed by atoms with Crippen LogP contribution in [0.3, 0.4) is 0 Å². The lowest BCUT2D eigenvalue weighted by Crippen LogP contribution is -2.29. The summed E-state index contributed by atoms with van der Waals surface area (Å²) >= 11 is 1.33. The van der Waals surface area contributed by atoms with Crippen LogP contribution in [0, 0.1) is 18.3 Å². The van der Waals surface area contributed by atoms with Gasteiger partial charge in [0.25, 0.3) is 0 Å². The van der Waals surface area contributed by atoms with Gasteiger partial charge in [-0.25, -0.2) is 4.98 Å². The first-order valence-corrected chi connectivity index (χ1v) is 12.3. The summed E-state index contributed by atoms with van der Waals surface area (Å²) < 4.78 is 1.97. The van der Waals surface area contributed by atoms with E-state index in [4.69, 9.17) is 10.2 Å². The Bertz CT molecular complexity index is 1400. The maximum atomic E-state index is 12.5. The molecular formula is C27H26N6OS. The topological polar surface area (TPSA) is 87.7 Å². The van der Waals surface area contributed by atoms with E-state index >= 15 is 0 Å². The molecule has 4 rings (SSSR count). The second-order valence-corrected chi connectivity index (χ2v) is 9.10. The zero-order chi connectivity index (χ0) is 24.8. The molecule has 0 unspecified atom stereocenters. The number of benzene rings is 2. The fourth-order valence-electron chi connectivity index (χ4n) is 3.70. The number of fused-ring (bicyclic) bond motifs is 1. The van der Waals surface area contributed by atoms with Crippen molar-refractivity contribution in [3.05, 3.63) is 72.8 Å². The van der Waals surface area contributed by atoms with E-state index in [1.165, 1.54) is 17.3 Å². The third-order valence-corrected chi connectivity index (χ3v) is 6.59. The summed E-state index contributed by atoms with van der Waals surface area (Å²) in [5, 5.41) is 19.3. The second-order valence-electron chi connectivity index (χ2n) is 8.16. The van der Waals surface area contributed by atoms with Gasteiger partial charge in [-0.05, 0) is 19.1 Å². The molecule has 0 fully saturated rings. The van der Waals surface area contributed by atoms with Gasteiger partial charge in [-0.1, -0.05) is 65.9 Å². The van der Waals surface area contributed by atoms with Gasteiger partial charge in [-0.15, -0.1) is 16.8 Å². The first-order valence-electron chi connectivity index (χ1n) is 11.3. The zero-order valence-corrected chi connectivity index (χ0v) is 20.6. The van der Waals surface area contributed by atoms with Crippen LogP contribution in [-0.2, 0) is 11.3 Å². The average Bonchev–Trinajstić information content (AvgIpc) is 3.28. The highest BCUT2D eigenvalue weighted by Gasteiger charge is 2.19. The molecule has 1 amide bonds. The van der Waals surface area contributed by atoms with Gasteiger partial charge in [0.15, 0.2) is 11.0 Å². The molecule has 0 spiro atoms. The highest BCUT2D eigenvalue weighted by atomic mass is 32.2. The minimum atomic E-state index is -0.0593. The molecule has 2 aromatic carbocycles. The standard InChI is InChI=1S/C27H26N6OS/c1-4-15-33-26(30-31-27(33)35-18-25(34)32(3)16-7-14-28)22-17-24(20-12-10-19(2)11-13-20)29-23-9-6-5-8-21(22)23/h4-6,8-13,17H,1,7,15-16,18H2,2-3H3. The molecule has 0 aliphatic carbocycles. The molecule has 0 aliphatic rings. The van der Waals surface area contributed by atoms with Crippen LogP contribution in [0.1, 0.15) is 12.0 Å². The summed E-state index contributed by atoms with van der Waals surface area (Å²) in [7, 11) is 1.70. The van der Waals surface area contributed by atoms with Crippen molar-refractivity contribution in [3.63, 3.8) is 0 Å². The van der Waals surface area contributed by atoms with Gasteiger partial charge in [-0.3, -0.25) is 9.36 Å². The van der Waals surface area contributed by atoms with Gasteiger partial charge in [0.1, 0.15) is 0 Å². The van der Waals surface area contributed by atoms with E-state index in [9.17, 15) is 4.79 Å². The number of nitriles is 1. The minimum absolute atomic E-state index is 0.0593. The third kappa shape index (κ3) is 5.42. The Hall–Kier alpha value is -3.96. The van der Waals surface area contributed by atoms with E-state index in [2.05, 4.69) is 54.0 Å². The summed E-state index contributed by atoms with van der Waals surface area (Å²) in [4.78, 5) is 18.9. The number of amides is 1. The molecule has 2 heterocycles. The van der Waals surface area contributed by atoms with Crippen molar-refractivity contribution < 1.29 is 4.79 Å². The SMILES string of the molecule is C=CCn1c(SCC(=O)N(C)CCC#N)nnc1-c1cc(-c2ccc(C)cc2)nc2ccccc12. The van der Waals surface area contributed by atoms with E-state index in [0.29, 0.717) is 30.5 Å². The number of pyridine rings is 1. The first kappa shape index (κ1) is 24.2. The summed E-state index contributed by atoms with van der Waals surface area (Å²) in [5.41, 5.74) is 4.87. The number of hydrogen-bond donors (Lipinski definition) is 0. The third-order valence-electron chi connectivity index (χ3n) is 5.64. The first-order chi connectivity index (χ1) is 17.0. The predicted octanol–water partition coefficient (Wildman–Crippen LogP) is 5.12. The van der Waals surface area contributed by atoms with Crippen molar-refractivity contribution in [3.8, 4) is 28.7 Å². The molecule has 0 aliphatic heterocycles. The lowest BCUT2D eigenvalue weighted by molar-refractivity contribution is -0.127. The number of allylic oxidation sites excluding steroid dienone is 1. The molecule has 0 bridgehead atoms. The van der Waals surface area contributed by atoms with Crippen molar-refractivity contribution in [1.82, 2.24) is 24.6 Å². The maximum absolute atomic E-state index is 12.5. The average molecular weight is 483 g/mol. The smallest absolute Gasteiger partial charge is 0.232 e. The molecule has 4 aromatic rings. The minimum Gasteiger partial charge on any atom is -0.344 e. The molecule has 0 saturated heterocycles. The van der Waals surface area contributed by atoms with Crippen LogP contribution >= 0.6 is 11.8 Å². The normalized spacial score (nSPS) is 10.8.